The Labute approximate surface area is 107 Å². The van der Waals surface area contributed by atoms with E-state index in [-0.39, 0.29) is 5.56 Å². The van der Waals surface area contributed by atoms with Gasteiger partial charge < -0.3 is 19.4 Å². The van der Waals surface area contributed by atoms with Gasteiger partial charge in [-0.15, -0.1) is 0 Å². The second kappa shape index (κ2) is 6.56. The highest BCUT2D eigenvalue weighted by molar-refractivity contribution is 5.41. The smallest absolute Gasteiger partial charge is 0.250 e. The zero-order valence-electron chi connectivity index (χ0n) is 10.7. The van der Waals surface area contributed by atoms with E-state index in [2.05, 4.69) is 5.32 Å². The van der Waals surface area contributed by atoms with Gasteiger partial charge in [-0.25, -0.2) is 0 Å². The zero-order valence-corrected chi connectivity index (χ0v) is 10.7. The topological polar surface area (TPSA) is 52.5 Å². The molecule has 0 bridgehead atoms. The Morgan fingerprint density at radius 1 is 1.56 bits per heavy atom. The first-order valence-electron chi connectivity index (χ1n) is 6.33. The molecule has 18 heavy (non-hydrogen) atoms. The van der Waals surface area contributed by atoms with E-state index in [9.17, 15) is 4.79 Å². The van der Waals surface area contributed by atoms with Crippen molar-refractivity contribution in [1.29, 1.82) is 0 Å². The fourth-order valence-electron chi connectivity index (χ4n) is 2.07. The highest BCUT2D eigenvalue weighted by atomic mass is 16.5. The Morgan fingerprint density at radius 2 is 2.44 bits per heavy atom. The largest absolute Gasteiger partial charge is 0.383 e. The van der Waals surface area contributed by atoms with E-state index < -0.39 is 0 Å². The van der Waals surface area contributed by atoms with Crippen molar-refractivity contribution in [1.82, 2.24) is 4.57 Å². The molecule has 0 aliphatic carbocycles. The molecule has 1 saturated heterocycles. The van der Waals surface area contributed by atoms with Crippen LogP contribution in [0.2, 0.25) is 0 Å². The maximum absolute atomic E-state index is 11.6. The van der Waals surface area contributed by atoms with E-state index in [1.807, 2.05) is 12.3 Å². The van der Waals surface area contributed by atoms with Crippen molar-refractivity contribution < 1.29 is 9.47 Å². The van der Waals surface area contributed by atoms with Crippen molar-refractivity contribution in [2.45, 2.75) is 25.4 Å². The van der Waals surface area contributed by atoms with Crippen molar-refractivity contribution in [2.24, 2.45) is 0 Å². The molecule has 1 fully saturated rings. The van der Waals surface area contributed by atoms with Gasteiger partial charge in [0.15, 0.2) is 0 Å². The van der Waals surface area contributed by atoms with Gasteiger partial charge in [0.1, 0.15) is 0 Å². The Balaban J connectivity index is 2.01. The van der Waals surface area contributed by atoms with Crippen LogP contribution in [0.15, 0.2) is 23.1 Å². The van der Waals surface area contributed by atoms with Gasteiger partial charge in [0.05, 0.1) is 18.9 Å². The maximum Gasteiger partial charge on any atom is 0.250 e. The van der Waals surface area contributed by atoms with Crippen LogP contribution in [-0.2, 0) is 16.0 Å². The molecule has 5 nitrogen and oxygen atoms in total. The van der Waals surface area contributed by atoms with E-state index in [1.54, 1.807) is 17.7 Å². The summed E-state index contributed by atoms with van der Waals surface area (Å²) in [5, 5.41) is 3.40. The lowest BCUT2D eigenvalue weighted by atomic mass is 10.1. The van der Waals surface area contributed by atoms with Gasteiger partial charge >= 0.3 is 0 Å². The molecule has 1 N–H and O–H groups in total. The number of methoxy groups -OCH3 is 1. The van der Waals surface area contributed by atoms with Crippen molar-refractivity contribution in [3.8, 4) is 0 Å². The first-order chi connectivity index (χ1) is 8.79. The average molecular weight is 252 g/mol. The molecule has 1 aliphatic heterocycles. The molecular weight excluding hydrogens is 232 g/mol. The van der Waals surface area contributed by atoms with E-state index in [4.69, 9.17) is 9.47 Å². The lowest BCUT2D eigenvalue weighted by Gasteiger charge is -2.24. The summed E-state index contributed by atoms with van der Waals surface area (Å²) in [4.78, 5) is 11.6. The summed E-state index contributed by atoms with van der Waals surface area (Å²) in [6, 6.07) is 3.74. The SMILES string of the molecule is COCCn1cc(NC2CCCOC2)ccc1=O. The quantitative estimate of drug-likeness (QED) is 0.852. The summed E-state index contributed by atoms with van der Waals surface area (Å²) in [6.07, 6.45) is 4.04. The number of nitrogens with one attached hydrogen (secondary N) is 1. The number of aromatic nitrogens is 1. The van der Waals surface area contributed by atoms with Crippen LogP contribution in [0.3, 0.4) is 0 Å². The molecule has 0 radical (unpaired) electrons. The van der Waals surface area contributed by atoms with Gasteiger partial charge in [-0.3, -0.25) is 4.79 Å². The fraction of sp³-hybridized carbons (Fsp3) is 0.615. The molecule has 5 heteroatoms. The lowest BCUT2D eigenvalue weighted by Crippen LogP contribution is -2.31. The van der Waals surface area contributed by atoms with Crippen molar-refractivity contribution in [2.75, 3.05) is 32.2 Å². The molecular formula is C13H20N2O3. The first-order valence-corrected chi connectivity index (χ1v) is 6.33. The van der Waals surface area contributed by atoms with Crippen molar-refractivity contribution in [3.05, 3.63) is 28.7 Å². The minimum atomic E-state index is -0.00232. The van der Waals surface area contributed by atoms with E-state index in [1.165, 1.54) is 0 Å². The summed E-state index contributed by atoms with van der Waals surface area (Å²) < 4.78 is 12.1. The number of hydrogen-bond donors (Lipinski definition) is 1. The maximum atomic E-state index is 11.6. The highest BCUT2D eigenvalue weighted by Gasteiger charge is 2.13. The standard InChI is InChI=1S/C13H20N2O3/c1-17-8-6-15-9-11(4-5-13(15)16)14-12-3-2-7-18-10-12/h4-5,9,12,14H,2-3,6-8,10H2,1H3. The molecule has 1 atom stereocenters. The second-order valence-electron chi connectivity index (χ2n) is 4.50. The summed E-state index contributed by atoms with van der Waals surface area (Å²) in [6.45, 7) is 2.70. The summed E-state index contributed by atoms with van der Waals surface area (Å²) in [7, 11) is 1.63. The van der Waals surface area contributed by atoms with Crippen LogP contribution in [0.25, 0.3) is 0 Å². The van der Waals surface area contributed by atoms with Gasteiger partial charge in [0.2, 0.25) is 0 Å². The number of hydrogen-bond acceptors (Lipinski definition) is 4. The van der Waals surface area contributed by atoms with Crippen molar-refractivity contribution in [3.63, 3.8) is 0 Å². The predicted octanol–water partition coefficient (Wildman–Crippen LogP) is 1.09. The molecule has 2 heterocycles. The zero-order chi connectivity index (χ0) is 12.8. The Bertz CT molecular complexity index is 424. The van der Waals surface area contributed by atoms with Gasteiger partial charge in [-0.1, -0.05) is 0 Å². The molecule has 0 spiro atoms. The van der Waals surface area contributed by atoms with Crippen molar-refractivity contribution >= 4 is 5.69 Å². The van der Waals surface area contributed by atoms with Crippen LogP contribution in [0.4, 0.5) is 5.69 Å². The van der Waals surface area contributed by atoms with Gasteiger partial charge in [-0.2, -0.15) is 0 Å². The molecule has 100 valence electrons. The number of ether oxygens (including phenoxy) is 2. The fourth-order valence-corrected chi connectivity index (χ4v) is 2.07. The van der Waals surface area contributed by atoms with Crippen LogP contribution in [-0.4, -0.2) is 37.5 Å². The molecule has 0 aromatic carbocycles. The Morgan fingerprint density at radius 3 is 3.17 bits per heavy atom. The van der Waals surface area contributed by atoms with Gasteiger partial charge in [-0.05, 0) is 18.9 Å². The molecule has 1 aromatic heterocycles. The van der Waals surface area contributed by atoms with Crippen LogP contribution in [0.5, 0.6) is 0 Å². The van der Waals surface area contributed by atoms with Gasteiger partial charge in [0.25, 0.3) is 5.56 Å². The summed E-state index contributed by atoms with van der Waals surface area (Å²) >= 11 is 0. The third-order valence-electron chi connectivity index (χ3n) is 3.05. The number of rotatable bonds is 5. The van der Waals surface area contributed by atoms with E-state index >= 15 is 0 Å². The molecule has 1 aliphatic rings. The lowest BCUT2D eigenvalue weighted by molar-refractivity contribution is 0.0876. The third-order valence-corrected chi connectivity index (χ3v) is 3.05. The second-order valence-corrected chi connectivity index (χ2v) is 4.50. The number of pyridine rings is 1. The van der Waals surface area contributed by atoms with E-state index in [0.29, 0.717) is 19.2 Å². The Hall–Kier alpha value is -1.33. The molecule has 0 saturated carbocycles. The Kier molecular flexibility index (Phi) is 4.78. The average Bonchev–Trinajstić information content (AvgIpc) is 2.40. The molecule has 0 amide bonds. The van der Waals surface area contributed by atoms with Crippen LogP contribution < -0.4 is 10.9 Å². The number of nitrogens with zero attached hydrogens (tertiary/aromatic N) is 1. The minimum Gasteiger partial charge on any atom is -0.383 e. The van der Waals surface area contributed by atoms with Crippen LogP contribution in [0.1, 0.15) is 12.8 Å². The third kappa shape index (κ3) is 3.58. The van der Waals surface area contributed by atoms with Crippen LogP contribution >= 0.6 is 0 Å². The number of anilines is 1. The molecule has 1 aromatic rings. The van der Waals surface area contributed by atoms with Crippen LogP contribution in [0, 0.1) is 0 Å². The molecule has 1 unspecified atom stereocenters. The predicted molar refractivity (Wildman–Crippen MR) is 70.0 cm³/mol. The molecule has 2 rings (SSSR count). The normalized spacial score (nSPS) is 19.7. The van der Waals surface area contributed by atoms with E-state index in [0.717, 1.165) is 31.7 Å². The summed E-state index contributed by atoms with van der Waals surface area (Å²) in [5.41, 5.74) is 0.957. The minimum absolute atomic E-state index is 0.00232. The first kappa shape index (κ1) is 13.1. The van der Waals surface area contributed by atoms with Gasteiger partial charge in [0, 0.05) is 38.6 Å². The monoisotopic (exact) mass is 252 g/mol. The summed E-state index contributed by atoms with van der Waals surface area (Å²) in [5.74, 6) is 0. The highest BCUT2D eigenvalue weighted by Crippen LogP contribution is 2.12.